The van der Waals surface area contributed by atoms with E-state index in [9.17, 15) is 0 Å². The second kappa shape index (κ2) is 2.70. The number of nitrogens with one attached hydrogen (secondary N) is 1. The van der Waals surface area contributed by atoms with Crippen molar-refractivity contribution in [2.45, 2.75) is 0 Å². The summed E-state index contributed by atoms with van der Waals surface area (Å²) in [6, 6.07) is 0. The molecule has 0 unspecified atom stereocenters. The molecule has 0 bridgehead atoms. The van der Waals surface area contributed by atoms with Gasteiger partial charge in [-0.2, -0.15) is 0 Å². The van der Waals surface area contributed by atoms with Crippen LogP contribution in [0.1, 0.15) is 0 Å². The van der Waals surface area contributed by atoms with Crippen LogP contribution in [0.15, 0.2) is 34.8 Å². The van der Waals surface area contributed by atoms with Gasteiger partial charge in [0.1, 0.15) is 0 Å². The average molecular weight is 189 g/mol. The zero-order valence-corrected chi connectivity index (χ0v) is 6.18. The molecule has 0 aromatic heterocycles. The van der Waals surface area contributed by atoms with Gasteiger partial charge in [0.15, 0.2) is 0 Å². The smallest absolute Gasteiger partial charge is 0.238 e. The van der Waals surface area contributed by atoms with Crippen LogP contribution in [0.5, 0.6) is 0 Å². The van der Waals surface area contributed by atoms with Crippen LogP contribution in [0.25, 0.3) is 0 Å². The van der Waals surface area contributed by atoms with Crippen molar-refractivity contribution in [3.63, 3.8) is 0 Å². The Kier molecular flexibility index (Phi) is 1.85. The summed E-state index contributed by atoms with van der Waals surface area (Å²) in [4.78, 5) is 0. The maximum absolute atomic E-state index is 8.90. The van der Waals surface area contributed by atoms with Crippen molar-refractivity contribution in [1.29, 1.82) is 0 Å². The van der Waals surface area contributed by atoms with Crippen molar-refractivity contribution in [1.82, 2.24) is 5.32 Å². The number of aliphatic hydroxyl groups is 6. The van der Waals surface area contributed by atoms with Crippen LogP contribution >= 0.6 is 0 Å². The second-order valence-corrected chi connectivity index (χ2v) is 2.22. The van der Waals surface area contributed by atoms with Gasteiger partial charge < -0.3 is 30.6 Å². The van der Waals surface area contributed by atoms with Crippen molar-refractivity contribution in [2.75, 3.05) is 0 Å². The molecular weight excluding hydrogens is 182 g/mol. The first kappa shape index (κ1) is 8.91. The van der Waals surface area contributed by atoms with E-state index in [0.717, 1.165) is 0 Å². The molecule has 0 atom stereocenters. The van der Waals surface area contributed by atoms with E-state index in [4.69, 9.17) is 30.6 Å². The van der Waals surface area contributed by atoms with Gasteiger partial charge in [-0.15, -0.1) is 0 Å². The van der Waals surface area contributed by atoms with Gasteiger partial charge in [0.25, 0.3) is 0 Å². The maximum Gasteiger partial charge on any atom is 0.238 e. The van der Waals surface area contributed by atoms with Crippen LogP contribution in [-0.2, 0) is 0 Å². The Bertz CT molecular complexity index is 307. The first-order valence-electron chi connectivity index (χ1n) is 3.09. The molecule has 72 valence electrons. The molecule has 1 rings (SSSR count). The average Bonchev–Trinajstić information content (AvgIpc) is 2.15. The van der Waals surface area contributed by atoms with Crippen molar-refractivity contribution in [2.24, 2.45) is 0 Å². The number of aliphatic hydroxyl groups excluding tert-OH is 6. The predicted octanol–water partition coefficient (Wildman–Crippen LogP) is 0.487. The Hall–Kier alpha value is -2.18. The van der Waals surface area contributed by atoms with E-state index in [1.165, 1.54) is 0 Å². The molecular formula is C6H7NO6. The maximum atomic E-state index is 8.90. The Balaban J connectivity index is 3.35. The molecule has 1 heterocycles. The molecule has 13 heavy (non-hydrogen) atoms. The molecule has 0 radical (unpaired) electrons. The lowest BCUT2D eigenvalue weighted by Gasteiger charge is -2.01. The molecule has 0 spiro atoms. The molecule has 7 nitrogen and oxygen atoms in total. The van der Waals surface area contributed by atoms with E-state index in [1.54, 1.807) is 5.32 Å². The van der Waals surface area contributed by atoms with E-state index in [-0.39, 0.29) is 0 Å². The topological polar surface area (TPSA) is 133 Å². The molecule has 0 fully saturated rings. The van der Waals surface area contributed by atoms with E-state index >= 15 is 0 Å². The minimum atomic E-state index is -1.15. The highest BCUT2D eigenvalue weighted by molar-refractivity contribution is 5.35. The van der Waals surface area contributed by atoms with E-state index in [2.05, 4.69) is 0 Å². The molecule has 1 aliphatic rings. The van der Waals surface area contributed by atoms with Crippen LogP contribution in [0.3, 0.4) is 0 Å². The Morgan fingerprint density at radius 3 is 1.15 bits per heavy atom. The highest BCUT2D eigenvalue weighted by Gasteiger charge is 2.24. The van der Waals surface area contributed by atoms with Gasteiger partial charge >= 0.3 is 0 Å². The lowest BCUT2D eigenvalue weighted by atomic mass is 10.3. The molecule has 1 aliphatic heterocycles. The van der Waals surface area contributed by atoms with Crippen molar-refractivity contribution >= 4 is 0 Å². The van der Waals surface area contributed by atoms with Crippen molar-refractivity contribution in [3.8, 4) is 0 Å². The minimum Gasteiger partial charge on any atom is -0.501 e. The first-order chi connectivity index (χ1) is 5.95. The molecule has 7 N–H and O–H groups in total. The van der Waals surface area contributed by atoms with Crippen LogP contribution in [0, 0.1) is 0 Å². The fourth-order valence-electron chi connectivity index (χ4n) is 0.679. The van der Waals surface area contributed by atoms with Crippen molar-refractivity contribution in [3.05, 3.63) is 34.8 Å². The Morgan fingerprint density at radius 2 is 0.846 bits per heavy atom. The van der Waals surface area contributed by atoms with E-state index < -0.39 is 34.8 Å². The van der Waals surface area contributed by atoms with Gasteiger partial charge in [-0.1, -0.05) is 0 Å². The summed E-state index contributed by atoms with van der Waals surface area (Å²) in [5, 5.41) is 55.0. The quantitative estimate of drug-likeness (QED) is 0.294. The number of hydrogen-bond acceptors (Lipinski definition) is 7. The minimum absolute atomic E-state index is 0.995. The zero-order valence-electron chi connectivity index (χ0n) is 6.18. The second-order valence-electron chi connectivity index (χ2n) is 2.22. The summed E-state index contributed by atoms with van der Waals surface area (Å²) in [6.45, 7) is 0. The fraction of sp³-hybridized carbons (Fsp3) is 0. The third-order valence-corrected chi connectivity index (χ3v) is 1.36. The summed E-state index contributed by atoms with van der Waals surface area (Å²) < 4.78 is 0. The molecule has 0 aliphatic carbocycles. The van der Waals surface area contributed by atoms with E-state index in [0.29, 0.717) is 0 Å². The summed E-state index contributed by atoms with van der Waals surface area (Å²) >= 11 is 0. The zero-order chi connectivity index (χ0) is 10.2. The lowest BCUT2D eigenvalue weighted by Crippen LogP contribution is -2.14. The molecule has 7 heteroatoms. The first-order valence-corrected chi connectivity index (χ1v) is 3.09. The third-order valence-electron chi connectivity index (χ3n) is 1.36. The van der Waals surface area contributed by atoms with Gasteiger partial charge in [-0.3, -0.25) is 5.32 Å². The SMILES string of the molecule is OC1=C(O)C(O)=C(O)C(O)=C(O)N1. The monoisotopic (exact) mass is 189 g/mol. The van der Waals surface area contributed by atoms with Crippen LogP contribution < -0.4 is 5.32 Å². The Labute approximate surface area is 71.8 Å². The molecule has 0 aromatic rings. The van der Waals surface area contributed by atoms with E-state index in [1.807, 2.05) is 0 Å². The Morgan fingerprint density at radius 1 is 0.538 bits per heavy atom. The van der Waals surface area contributed by atoms with Crippen LogP contribution in [-0.4, -0.2) is 30.6 Å². The van der Waals surface area contributed by atoms with Gasteiger partial charge in [-0.05, 0) is 0 Å². The highest BCUT2D eigenvalue weighted by Crippen LogP contribution is 2.19. The van der Waals surface area contributed by atoms with Crippen LogP contribution in [0.4, 0.5) is 0 Å². The summed E-state index contributed by atoms with van der Waals surface area (Å²) in [5.74, 6) is -6.46. The van der Waals surface area contributed by atoms with Crippen LogP contribution in [0.2, 0.25) is 0 Å². The fourth-order valence-corrected chi connectivity index (χ4v) is 0.679. The van der Waals surface area contributed by atoms with Crippen molar-refractivity contribution < 1.29 is 30.6 Å². The van der Waals surface area contributed by atoms with Gasteiger partial charge in [0.2, 0.25) is 34.8 Å². The molecule has 0 saturated carbocycles. The summed E-state index contributed by atoms with van der Waals surface area (Å²) in [6.07, 6.45) is 0. The lowest BCUT2D eigenvalue weighted by molar-refractivity contribution is 0.247. The van der Waals surface area contributed by atoms with Gasteiger partial charge in [-0.25, -0.2) is 0 Å². The largest absolute Gasteiger partial charge is 0.501 e. The summed E-state index contributed by atoms with van der Waals surface area (Å²) in [5.41, 5.74) is 0. The highest BCUT2D eigenvalue weighted by atomic mass is 16.4. The molecule has 0 saturated heterocycles. The van der Waals surface area contributed by atoms with Gasteiger partial charge in [0.05, 0.1) is 0 Å². The standard InChI is InChI=1S/C6H7NO6/c8-1-2(9)4(11)6(13)7-5(12)3(1)10/h7-13H. The normalized spacial score (nSPS) is 18.8. The molecule has 0 aromatic carbocycles. The number of rotatable bonds is 0. The third kappa shape index (κ3) is 1.26. The van der Waals surface area contributed by atoms with Gasteiger partial charge in [0, 0.05) is 0 Å². The summed E-state index contributed by atoms with van der Waals surface area (Å²) in [7, 11) is 0. The molecule has 0 amide bonds. The predicted molar refractivity (Wildman–Crippen MR) is 40.0 cm³/mol. The number of hydrogen-bond donors (Lipinski definition) is 7.